The second kappa shape index (κ2) is 18.2. The first-order valence-corrected chi connectivity index (χ1v) is 16.9. The summed E-state index contributed by atoms with van der Waals surface area (Å²) in [6, 6.07) is 35.8. The van der Waals surface area contributed by atoms with Gasteiger partial charge in [0.05, 0.1) is 18.7 Å². The minimum atomic E-state index is 0. The van der Waals surface area contributed by atoms with Gasteiger partial charge in [0.1, 0.15) is 11.5 Å². The van der Waals surface area contributed by atoms with Gasteiger partial charge in [0.25, 0.3) is 0 Å². The highest BCUT2D eigenvalue weighted by Gasteiger charge is 2.06. The van der Waals surface area contributed by atoms with Crippen LogP contribution in [0.1, 0.15) is 20.3 Å². The summed E-state index contributed by atoms with van der Waals surface area (Å²) in [5.74, 6) is 1.77. The van der Waals surface area contributed by atoms with Crippen molar-refractivity contribution >= 4 is 90.9 Å². The molecule has 6 heteroatoms. The monoisotopic (exact) mass is 768 g/mol. The summed E-state index contributed by atoms with van der Waals surface area (Å²) >= 11 is 9.94. The number of hydrogen-bond donors (Lipinski definition) is 0. The average Bonchev–Trinajstić information content (AvgIpc) is 3.65. The first-order chi connectivity index (χ1) is 20.6. The van der Waals surface area contributed by atoms with Gasteiger partial charge in [0.15, 0.2) is 0 Å². The van der Waals surface area contributed by atoms with E-state index in [1.807, 2.05) is 6.07 Å². The molecule has 0 spiro atoms. The molecule has 0 bridgehead atoms. The topological polar surface area (TPSA) is 27.7 Å². The molecule has 0 unspecified atom stereocenters. The zero-order valence-corrected chi connectivity index (χ0v) is 28.7. The third-order valence-corrected chi connectivity index (χ3v) is 9.35. The molecule has 1 aliphatic heterocycles. The van der Waals surface area contributed by atoms with E-state index in [2.05, 4.69) is 145 Å². The van der Waals surface area contributed by atoms with Crippen molar-refractivity contribution in [3.63, 3.8) is 0 Å². The van der Waals surface area contributed by atoms with Gasteiger partial charge in [-0.3, -0.25) is 0 Å². The molecule has 1 aliphatic rings. The maximum absolute atomic E-state index is 5.32. The first-order valence-electron chi connectivity index (χ1n) is 13.9. The van der Waals surface area contributed by atoms with Crippen LogP contribution in [-0.2, 0) is 4.74 Å². The van der Waals surface area contributed by atoms with Gasteiger partial charge in [-0.2, -0.15) is 0 Å². The summed E-state index contributed by atoms with van der Waals surface area (Å²) in [5, 5.41) is 12.1. The molecule has 1 fully saturated rings. The van der Waals surface area contributed by atoms with Crippen molar-refractivity contribution in [2.45, 2.75) is 20.3 Å². The normalized spacial score (nSPS) is 11.8. The van der Waals surface area contributed by atoms with Crippen molar-refractivity contribution < 1.29 is 14.2 Å². The fraction of sp³-hybridized carbons (Fsp3) is 0.243. The molecule has 1 saturated heterocycles. The number of halogens is 3. The lowest BCUT2D eigenvalue weighted by atomic mass is 10.0. The molecule has 43 heavy (non-hydrogen) atoms. The molecule has 3 nitrogen and oxygen atoms in total. The third-order valence-electron chi connectivity index (χ3n) is 6.87. The van der Waals surface area contributed by atoms with E-state index in [9.17, 15) is 0 Å². The zero-order chi connectivity index (χ0) is 29.7. The van der Waals surface area contributed by atoms with Crippen molar-refractivity contribution in [2.24, 2.45) is 0 Å². The number of alkyl halides is 2. The molecule has 0 radical (unpaired) electrons. The van der Waals surface area contributed by atoms with E-state index in [0.29, 0.717) is 0 Å². The van der Waals surface area contributed by atoms with Crippen molar-refractivity contribution in [2.75, 3.05) is 38.1 Å². The van der Waals surface area contributed by atoms with Crippen LogP contribution in [0.5, 0.6) is 11.5 Å². The van der Waals surface area contributed by atoms with E-state index in [1.165, 1.54) is 55.9 Å². The minimum absolute atomic E-state index is 0. The highest BCUT2D eigenvalue weighted by molar-refractivity contribution is 9.12. The van der Waals surface area contributed by atoms with Gasteiger partial charge in [-0.15, -0.1) is 0 Å². The molecular formula is C37H39Br3O3. The van der Waals surface area contributed by atoms with E-state index < -0.39 is 0 Å². The van der Waals surface area contributed by atoms with E-state index >= 15 is 0 Å². The fourth-order valence-corrected chi connectivity index (χ4v) is 5.30. The Bertz CT molecular complexity index is 1720. The molecule has 0 atom stereocenters. The van der Waals surface area contributed by atoms with Gasteiger partial charge >= 0.3 is 0 Å². The molecule has 1 heterocycles. The van der Waals surface area contributed by atoms with Crippen LogP contribution < -0.4 is 9.47 Å². The van der Waals surface area contributed by atoms with Gasteiger partial charge in [0.2, 0.25) is 0 Å². The van der Waals surface area contributed by atoms with Crippen molar-refractivity contribution in [3.8, 4) is 11.5 Å². The number of rotatable bonds is 3. The summed E-state index contributed by atoms with van der Waals surface area (Å²) in [4.78, 5) is 0. The largest absolute Gasteiger partial charge is 0.497 e. The number of hydrogen-bond acceptors (Lipinski definition) is 3. The van der Waals surface area contributed by atoms with Crippen molar-refractivity contribution in [1.82, 2.24) is 0 Å². The standard InChI is InChI=1S/C15H11BrO.C15H12O.C4H8O.C2H4Br2.CH4/c1-17-15-8-11-7-6-10-4-2-3-5-12(10)13(11)9-14(15)16;1-16-13-8-9-15-12(10-13)7-6-11-4-2-3-5-14(11)15;1-2-4-5-3-1;3-1-2-4;/h2-9H,1H3;2-10H,1H3;1-4H2;1-2H2;1H4. The smallest absolute Gasteiger partial charge is 0.133 e. The van der Waals surface area contributed by atoms with Crippen molar-refractivity contribution in [1.29, 1.82) is 0 Å². The average molecular weight is 771 g/mol. The predicted octanol–water partition coefficient (Wildman–Crippen LogP) is 12.0. The Morgan fingerprint density at radius 2 is 1.09 bits per heavy atom. The summed E-state index contributed by atoms with van der Waals surface area (Å²) in [6.07, 6.45) is 2.56. The molecule has 0 aliphatic carbocycles. The van der Waals surface area contributed by atoms with Gasteiger partial charge in [-0.25, -0.2) is 0 Å². The highest BCUT2D eigenvalue weighted by atomic mass is 79.9. The van der Waals surface area contributed by atoms with Crippen molar-refractivity contribution in [3.05, 3.63) is 108 Å². The highest BCUT2D eigenvalue weighted by Crippen LogP contribution is 2.34. The second-order valence-electron chi connectivity index (χ2n) is 9.57. The van der Waals surface area contributed by atoms with Gasteiger partial charge in [0, 0.05) is 23.9 Å². The molecule has 6 aromatic rings. The second-order valence-corrected chi connectivity index (χ2v) is 12.0. The number of ether oxygens (including phenoxy) is 3. The van der Waals surface area contributed by atoms with Crippen LogP contribution in [0.3, 0.4) is 0 Å². The fourth-order valence-electron chi connectivity index (χ4n) is 4.79. The maximum Gasteiger partial charge on any atom is 0.133 e. The summed E-state index contributed by atoms with van der Waals surface area (Å²) in [6.45, 7) is 2.00. The Hall–Kier alpha value is -2.64. The van der Waals surface area contributed by atoms with E-state index in [4.69, 9.17) is 14.2 Å². The van der Waals surface area contributed by atoms with Crippen LogP contribution in [0, 0.1) is 0 Å². The van der Waals surface area contributed by atoms with E-state index in [0.717, 1.165) is 39.8 Å². The lowest BCUT2D eigenvalue weighted by Crippen LogP contribution is -1.85. The Morgan fingerprint density at radius 3 is 1.60 bits per heavy atom. The minimum Gasteiger partial charge on any atom is -0.497 e. The van der Waals surface area contributed by atoms with E-state index in [-0.39, 0.29) is 7.43 Å². The van der Waals surface area contributed by atoms with Crippen LogP contribution in [-0.4, -0.2) is 38.1 Å². The molecular weight excluding hydrogens is 732 g/mol. The quantitative estimate of drug-likeness (QED) is 0.132. The number of benzene rings is 6. The predicted molar refractivity (Wildman–Crippen MR) is 198 cm³/mol. The maximum atomic E-state index is 5.32. The number of fused-ring (bicyclic) bond motifs is 6. The Kier molecular flexibility index (Phi) is 14.8. The lowest BCUT2D eigenvalue weighted by molar-refractivity contribution is 0.198. The Balaban J connectivity index is 0.000000181. The Labute approximate surface area is 280 Å². The molecule has 0 N–H and O–H groups in total. The third kappa shape index (κ3) is 9.42. The molecule has 6 aromatic carbocycles. The summed E-state index contributed by atoms with van der Waals surface area (Å²) < 4.78 is 16.5. The van der Waals surface area contributed by atoms with Crippen LogP contribution >= 0.6 is 47.8 Å². The Morgan fingerprint density at radius 1 is 0.581 bits per heavy atom. The van der Waals surface area contributed by atoms with Crippen LogP contribution in [0.2, 0.25) is 0 Å². The molecule has 0 saturated carbocycles. The first kappa shape index (κ1) is 34.8. The molecule has 7 rings (SSSR count). The summed E-state index contributed by atoms with van der Waals surface area (Å²) in [5.41, 5.74) is 0. The molecule has 226 valence electrons. The van der Waals surface area contributed by atoms with Gasteiger partial charge in [-0.1, -0.05) is 118 Å². The van der Waals surface area contributed by atoms with Gasteiger partial charge in [-0.05, 0) is 96.1 Å². The summed E-state index contributed by atoms with van der Waals surface area (Å²) in [7, 11) is 3.38. The van der Waals surface area contributed by atoms with Crippen LogP contribution in [0.4, 0.5) is 0 Å². The van der Waals surface area contributed by atoms with E-state index in [1.54, 1.807) is 14.2 Å². The molecule has 0 amide bonds. The number of methoxy groups -OCH3 is 2. The van der Waals surface area contributed by atoms with Crippen LogP contribution in [0.25, 0.3) is 43.1 Å². The van der Waals surface area contributed by atoms with Gasteiger partial charge < -0.3 is 14.2 Å². The SMILES string of the molecule is BrCCBr.C.C1CCOC1.COc1cc2ccc3ccccc3c2cc1Br.COc1ccc2c(ccc3ccccc32)c1. The zero-order valence-electron chi connectivity index (χ0n) is 23.9. The lowest BCUT2D eigenvalue weighted by Gasteiger charge is -2.08. The molecule has 0 aromatic heterocycles. The van der Waals surface area contributed by atoms with Crippen LogP contribution in [0.15, 0.2) is 108 Å².